The summed E-state index contributed by atoms with van der Waals surface area (Å²) in [5.41, 5.74) is 2.38. The van der Waals surface area contributed by atoms with Gasteiger partial charge in [-0.05, 0) is 57.1 Å². The van der Waals surface area contributed by atoms with Crippen LogP contribution in [0.25, 0.3) is 0 Å². The molecule has 2 saturated heterocycles. The standard InChI is InChI=1S/C20H32N4O2/c25-20-14-16-4-3-6-19(16)22-24(20)11-10-23-9-2-1-5-18(23)15-21-17-7-12-26-13-8-17/h14,17-18,21H,1-13,15H2. The van der Waals surface area contributed by atoms with Crippen molar-refractivity contribution in [2.45, 2.75) is 70.0 Å². The summed E-state index contributed by atoms with van der Waals surface area (Å²) in [6.45, 7) is 5.60. The van der Waals surface area contributed by atoms with E-state index in [1.807, 2.05) is 6.07 Å². The van der Waals surface area contributed by atoms with Crippen molar-refractivity contribution in [3.05, 3.63) is 27.7 Å². The molecular weight excluding hydrogens is 328 g/mol. The molecule has 6 heteroatoms. The number of fused-ring (bicyclic) bond motifs is 1. The summed E-state index contributed by atoms with van der Waals surface area (Å²) in [5, 5.41) is 8.39. The fraction of sp³-hybridized carbons (Fsp3) is 0.800. The maximum atomic E-state index is 12.3. The van der Waals surface area contributed by atoms with Gasteiger partial charge in [-0.2, -0.15) is 5.10 Å². The molecule has 3 heterocycles. The van der Waals surface area contributed by atoms with Gasteiger partial charge in [0.15, 0.2) is 0 Å². The Morgan fingerprint density at radius 1 is 1.12 bits per heavy atom. The van der Waals surface area contributed by atoms with Gasteiger partial charge >= 0.3 is 0 Å². The second-order valence-corrected chi connectivity index (χ2v) is 8.01. The van der Waals surface area contributed by atoms with Crippen LogP contribution in [0.4, 0.5) is 0 Å². The summed E-state index contributed by atoms with van der Waals surface area (Å²) in [6.07, 6.45) is 9.26. The van der Waals surface area contributed by atoms with E-state index in [1.54, 1.807) is 4.68 Å². The highest BCUT2D eigenvalue weighted by molar-refractivity contribution is 5.22. The van der Waals surface area contributed by atoms with Crippen molar-refractivity contribution in [1.29, 1.82) is 0 Å². The predicted molar refractivity (Wildman–Crippen MR) is 102 cm³/mol. The molecule has 1 N–H and O–H groups in total. The summed E-state index contributed by atoms with van der Waals surface area (Å²) < 4.78 is 7.15. The van der Waals surface area contributed by atoms with Crippen molar-refractivity contribution in [2.75, 3.05) is 32.8 Å². The van der Waals surface area contributed by atoms with Crippen LogP contribution in [-0.4, -0.2) is 59.6 Å². The molecule has 1 aromatic rings. The van der Waals surface area contributed by atoms with E-state index in [2.05, 4.69) is 15.3 Å². The smallest absolute Gasteiger partial charge is 0.267 e. The highest BCUT2D eigenvalue weighted by Gasteiger charge is 2.24. The van der Waals surface area contributed by atoms with Crippen molar-refractivity contribution in [3.63, 3.8) is 0 Å². The Balaban J connectivity index is 1.32. The number of aromatic nitrogens is 2. The van der Waals surface area contributed by atoms with E-state index in [4.69, 9.17) is 4.74 Å². The summed E-state index contributed by atoms with van der Waals surface area (Å²) in [5.74, 6) is 0. The molecule has 2 fully saturated rings. The molecule has 2 aliphatic heterocycles. The molecule has 1 atom stereocenters. The molecule has 1 aliphatic carbocycles. The van der Waals surface area contributed by atoms with Crippen molar-refractivity contribution in [3.8, 4) is 0 Å². The monoisotopic (exact) mass is 360 g/mol. The summed E-state index contributed by atoms with van der Waals surface area (Å²) in [4.78, 5) is 14.9. The molecule has 0 aromatic carbocycles. The van der Waals surface area contributed by atoms with Gasteiger partial charge in [-0.25, -0.2) is 4.68 Å². The second-order valence-electron chi connectivity index (χ2n) is 8.01. The topological polar surface area (TPSA) is 59.4 Å². The number of piperidine rings is 1. The molecule has 144 valence electrons. The predicted octanol–water partition coefficient (Wildman–Crippen LogP) is 1.36. The lowest BCUT2D eigenvalue weighted by atomic mass is 10.0. The number of nitrogens with one attached hydrogen (secondary N) is 1. The van der Waals surface area contributed by atoms with Gasteiger partial charge in [-0.15, -0.1) is 0 Å². The zero-order chi connectivity index (χ0) is 17.8. The van der Waals surface area contributed by atoms with E-state index in [9.17, 15) is 4.79 Å². The molecule has 0 saturated carbocycles. The summed E-state index contributed by atoms with van der Waals surface area (Å²) in [6, 6.07) is 3.00. The number of likely N-dealkylation sites (tertiary alicyclic amines) is 1. The lowest BCUT2D eigenvalue weighted by Crippen LogP contribution is -2.49. The minimum atomic E-state index is 0.0690. The van der Waals surface area contributed by atoms with Crippen molar-refractivity contribution >= 4 is 0 Å². The third kappa shape index (κ3) is 4.35. The number of hydrogen-bond donors (Lipinski definition) is 1. The van der Waals surface area contributed by atoms with Gasteiger partial charge in [-0.1, -0.05) is 6.42 Å². The average molecular weight is 361 g/mol. The Morgan fingerprint density at radius 3 is 2.88 bits per heavy atom. The van der Waals surface area contributed by atoms with Crippen molar-refractivity contribution < 1.29 is 4.74 Å². The van der Waals surface area contributed by atoms with Gasteiger partial charge in [0.1, 0.15) is 0 Å². The molecule has 26 heavy (non-hydrogen) atoms. The number of rotatable bonds is 6. The molecule has 0 bridgehead atoms. The van der Waals surface area contributed by atoms with E-state index in [1.165, 1.54) is 24.8 Å². The normalized spacial score (nSPS) is 24.7. The Bertz CT molecular complexity index is 654. The van der Waals surface area contributed by atoms with E-state index in [0.717, 1.165) is 70.6 Å². The zero-order valence-corrected chi connectivity index (χ0v) is 15.8. The van der Waals surface area contributed by atoms with Gasteiger partial charge in [-0.3, -0.25) is 9.69 Å². The minimum Gasteiger partial charge on any atom is -0.381 e. The van der Waals surface area contributed by atoms with Gasteiger partial charge in [0, 0.05) is 44.5 Å². The maximum absolute atomic E-state index is 12.3. The quantitative estimate of drug-likeness (QED) is 0.830. The van der Waals surface area contributed by atoms with E-state index in [-0.39, 0.29) is 5.56 Å². The van der Waals surface area contributed by atoms with Crippen LogP contribution in [-0.2, 0) is 24.1 Å². The fourth-order valence-corrected chi connectivity index (χ4v) is 4.61. The molecule has 0 amide bonds. The van der Waals surface area contributed by atoms with Crippen LogP contribution in [0.15, 0.2) is 10.9 Å². The molecule has 1 aromatic heterocycles. The first-order valence-corrected chi connectivity index (χ1v) is 10.4. The first-order chi connectivity index (χ1) is 12.8. The van der Waals surface area contributed by atoms with Crippen LogP contribution in [0.3, 0.4) is 0 Å². The first-order valence-electron chi connectivity index (χ1n) is 10.4. The zero-order valence-electron chi connectivity index (χ0n) is 15.8. The number of nitrogens with zero attached hydrogens (tertiary/aromatic N) is 3. The van der Waals surface area contributed by atoms with Crippen molar-refractivity contribution in [2.24, 2.45) is 0 Å². The average Bonchev–Trinajstić information content (AvgIpc) is 3.13. The lowest BCUT2D eigenvalue weighted by molar-refractivity contribution is 0.0719. The van der Waals surface area contributed by atoms with Crippen LogP contribution in [0.2, 0.25) is 0 Å². The Kier molecular flexibility index (Phi) is 6.02. The molecule has 0 radical (unpaired) electrons. The SMILES string of the molecule is O=c1cc2c(nn1CCN1CCCCC1CNC1CCOCC1)CCC2. The van der Waals surface area contributed by atoms with Crippen LogP contribution in [0.1, 0.15) is 49.8 Å². The molecule has 4 rings (SSSR count). The van der Waals surface area contributed by atoms with E-state index in [0.29, 0.717) is 18.6 Å². The fourth-order valence-electron chi connectivity index (χ4n) is 4.61. The Labute approximate surface area is 155 Å². The number of aryl methyl sites for hydroxylation is 2. The summed E-state index contributed by atoms with van der Waals surface area (Å²) in [7, 11) is 0. The molecule has 6 nitrogen and oxygen atoms in total. The van der Waals surface area contributed by atoms with Gasteiger partial charge in [0.25, 0.3) is 5.56 Å². The Hall–Kier alpha value is -1.24. The molecule has 3 aliphatic rings. The van der Waals surface area contributed by atoms with E-state index < -0.39 is 0 Å². The van der Waals surface area contributed by atoms with Crippen LogP contribution in [0, 0.1) is 0 Å². The number of hydrogen-bond acceptors (Lipinski definition) is 5. The maximum Gasteiger partial charge on any atom is 0.267 e. The Morgan fingerprint density at radius 2 is 2.00 bits per heavy atom. The molecule has 1 unspecified atom stereocenters. The number of ether oxygens (including phenoxy) is 1. The van der Waals surface area contributed by atoms with Crippen LogP contribution < -0.4 is 10.9 Å². The third-order valence-electron chi connectivity index (χ3n) is 6.24. The largest absolute Gasteiger partial charge is 0.381 e. The van der Waals surface area contributed by atoms with Crippen molar-refractivity contribution in [1.82, 2.24) is 20.0 Å². The van der Waals surface area contributed by atoms with E-state index >= 15 is 0 Å². The van der Waals surface area contributed by atoms with Crippen LogP contribution >= 0.6 is 0 Å². The molecule has 0 spiro atoms. The second kappa shape index (κ2) is 8.63. The van der Waals surface area contributed by atoms with Gasteiger partial charge in [0.2, 0.25) is 0 Å². The van der Waals surface area contributed by atoms with Gasteiger partial charge in [0.05, 0.1) is 12.2 Å². The van der Waals surface area contributed by atoms with Crippen LogP contribution in [0.5, 0.6) is 0 Å². The van der Waals surface area contributed by atoms with Gasteiger partial charge < -0.3 is 10.1 Å². The highest BCUT2D eigenvalue weighted by atomic mass is 16.5. The highest BCUT2D eigenvalue weighted by Crippen LogP contribution is 2.19. The lowest BCUT2D eigenvalue weighted by Gasteiger charge is -2.37. The third-order valence-corrected chi connectivity index (χ3v) is 6.24. The summed E-state index contributed by atoms with van der Waals surface area (Å²) >= 11 is 0. The minimum absolute atomic E-state index is 0.0690. The molecular formula is C20H32N4O2. The first kappa shape index (κ1) is 18.1.